The van der Waals surface area contributed by atoms with Gasteiger partial charge in [0.25, 0.3) is 0 Å². The molecule has 3 heteroatoms. The molecular formula is C24H37NO2. The standard InChI is InChI=1S/C22H31NO2.C2H6/c1-18(2)9-7-5-6-8-15-25-22(3,4)17-19-10-12-20(13-11-19)21-23-14-16-24-21;1-2/h9-14,16H,5-8,15,17H2,1-4H3;1-2H3. The zero-order chi connectivity index (χ0) is 20.1. The second kappa shape index (κ2) is 12.5. The molecule has 0 spiro atoms. The van der Waals surface area contributed by atoms with Gasteiger partial charge in [-0.3, -0.25) is 0 Å². The summed E-state index contributed by atoms with van der Waals surface area (Å²) in [7, 11) is 0. The fourth-order valence-electron chi connectivity index (χ4n) is 2.84. The topological polar surface area (TPSA) is 35.3 Å². The summed E-state index contributed by atoms with van der Waals surface area (Å²) in [6, 6.07) is 8.37. The summed E-state index contributed by atoms with van der Waals surface area (Å²) < 4.78 is 11.4. The van der Waals surface area contributed by atoms with Crippen molar-refractivity contribution in [2.24, 2.45) is 0 Å². The van der Waals surface area contributed by atoms with Crippen LogP contribution < -0.4 is 0 Å². The van der Waals surface area contributed by atoms with Gasteiger partial charge in [0.2, 0.25) is 5.89 Å². The fourth-order valence-corrected chi connectivity index (χ4v) is 2.84. The molecule has 0 N–H and O–H groups in total. The molecule has 1 heterocycles. The lowest BCUT2D eigenvalue weighted by atomic mass is 9.97. The van der Waals surface area contributed by atoms with Gasteiger partial charge in [-0.25, -0.2) is 4.98 Å². The maximum Gasteiger partial charge on any atom is 0.225 e. The number of oxazole rings is 1. The zero-order valence-corrected chi connectivity index (χ0v) is 18.0. The normalized spacial score (nSPS) is 10.9. The largest absolute Gasteiger partial charge is 0.445 e. The maximum atomic E-state index is 6.12. The lowest BCUT2D eigenvalue weighted by molar-refractivity contribution is -0.0186. The van der Waals surface area contributed by atoms with Crippen molar-refractivity contribution in [2.45, 2.75) is 79.2 Å². The van der Waals surface area contributed by atoms with Crippen LogP contribution in [0.1, 0.15) is 72.8 Å². The fraction of sp³-hybridized carbons (Fsp3) is 0.542. The van der Waals surface area contributed by atoms with Gasteiger partial charge in [-0.15, -0.1) is 0 Å². The molecule has 27 heavy (non-hydrogen) atoms. The number of hydrogen-bond acceptors (Lipinski definition) is 3. The molecule has 150 valence electrons. The van der Waals surface area contributed by atoms with E-state index in [9.17, 15) is 0 Å². The lowest BCUT2D eigenvalue weighted by Crippen LogP contribution is -2.27. The highest BCUT2D eigenvalue weighted by Crippen LogP contribution is 2.22. The first kappa shape index (κ1) is 23.2. The first-order valence-electron chi connectivity index (χ1n) is 10.2. The van der Waals surface area contributed by atoms with E-state index in [1.807, 2.05) is 13.8 Å². The van der Waals surface area contributed by atoms with E-state index in [2.05, 4.69) is 63.0 Å². The van der Waals surface area contributed by atoms with Crippen LogP contribution in [0.5, 0.6) is 0 Å². The lowest BCUT2D eigenvalue weighted by Gasteiger charge is -2.25. The van der Waals surface area contributed by atoms with Crippen LogP contribution in [0.2, 0.25) is 0 Å². The van der Waals surface area contributed by atoms with Crippen molar-refractivity contribution in [1.82, 2.24) is 4.98 Å². The van der Waals surface area contributed by atoms with E-state index in [0.717, 1.165) is 25.0 Å². The van der Waals surface area contributed by atoms with Crippen LogP contribution in [0.3, 0.4) is 0 Å². The molecule has 0 fully saturated rings. The molecule has 1 aromatic carbocycles. The SMILES string of the molecule is CC.CC(C)=CCCCCCOC(C)(C)Cc1ccc(-c2ncco2)cc1. The summed E-state index contributed by atoms with van der Waals surface area (Å²) in [5.74, 6) is 0.662. The molecule has 0 unspecified atom stereocenters. The van der Waals surface area contributed by atoms with Gasteiger partial charge < -0.3 is 9.15 Å². The molecule has 2 aromatic rings. The quantitative estimate of drug-likeness (QED) is 0.326. The molecule has 0 aliphatic heterocycles. The molecule has 0 saturated heterocycles. The second-order valence-corrected chi connectivity index (χ2v) is 7.45. The number of unbranched alkanes of at least 4 members (excludes halogenated alkanes) is 3. The minimum Gasteiger partial charge on any atom is -0.445 e. The Kier molecular flexibility index (Phi) is 10.7. The van der Waals surface area contributed by atoms with Crippen LogP contribution in [-0.2, 0) is 11.2 Å². The van der Waals surface area contributed by atoms with Crippen LogP contribution >= 0.6 is 0 Å². The van der Waals surface area contributed by atoms with E-state index < -0.39 is 0 Å². The summed E-state index contributed by atoms with van der Waals surface area (Å²) in [4.78, 5) is 4.18. The highest BCUT2D eigenvalue weighted by atomic mass is 16.5. The number of ether oxygens (including phenoxy) is 1. The molecule has 0 atom stereocenters. The van der Waals surface area contributed by atoms with Crippen molar-refractivity contribution in [3.05, 3.63) is 53.9 Å². The average Bonchev–Trinajstić information content (AvgIpc) is 3.17. The Morgan fingerprint density at radius 1 is 1.07 bits per heavy atom. The molecule has 0 radical (unpaired) electrons. The highest BCUT2D eigenvalue weighted by molar-refractivity contribution is 5.53. The monoisotopic (exact) mass is 371 g/mol. The van der Waals surface area contributed by atoms with E-state index in [1.54, 1.807) is 12.5 Å². The van der Waals surface area contributed by atoms with Gasteiger partial charge >= 0.3 is 0 Å². The van der Waals surface area contributed by atoms with Gasteiger partial charge in [-0.05, 0) is 64.7 Å². The summed E-state index contributed by atoms with van der Waals surface area (Å²) >= 11 is 0. The van der Waals surface area contributed by atoms with E-state index in [1.165, 1.54) is 30.4 Å². The predicted octanol–water partition coefficient (Wildman–Crippen LogP) is 7.23. The number of hydrogen-bond donors (Lipinski definition) is 0. The molecule has 0 aliphatic carbocycles. The van der Waals surface area contributed by atoms with E-state index >= 15 is 0 Å². The second-order valence-electron chi connectivity index (χ2n) is 7.45. The summed E-state index contributed by atoms with van der Waals surface area (Å²) in [5, 5.41) is 0. The summed E-state index contributed by atoms with van der Waals surface area (Å²) in [6.45, 7) is 13.5. The Morgan fingerprint density at radius 2 is 1.78 bits per heavy atom. The average molecular weight is 372 g/mol. The molecule has 2 rings (SSSR count). The molecule has 3 nitrogen and oxygen atoms in total. The van der Waals surface area contributed by atoms with Crippen molar-refractivity contribution in [3.63, 3.8) is 0 Å². The molecule has 1 aromatic heterocycles. The van der Waals surface area contributed by atoms with Gasteiger partial charge in [0.15, 0.2) is 0 Å². The van der Waals surface area contributed by atoms with Crippen molar-refractivity contribution in [2.75, 3.05) is 6.61 Å². The molecule has 0 saturated carbocycles. The summed E-state index contributed by atoms with van der Waals surface area (Å²) in [5.41, 5.74) is 3.53. The Hall–Kier alpha value is -1.87. The van der Waals surface area contributed by atoms with E-state index in [0.29, 0.717) is 5.89 Å². The maximum absolute atomic E-state index is 6.12. The smallest absolute Gasteiger partial charge is 0.225 e. The zero-order valence-electron chi connectivity index (χ0n) is 18.0. The number of aromatic nitrogens is 1. The Bertz CT molecular complexity index is 636. The van der Waals surface area contributed by atoms with Gasteiger partial charge in [0.05, 0.1) is 11.8 Å². The van der Waals surface area contributed by atoms with E-state index in [4.69, 9.17) is 9.15 Å². The molecule has 0 amide bonds. The number of benzene rings is 1. The van der Waals surface area contributed by atoms with Crippen molar-refractivity contribution >= 4 is 0 Å². The van der Waals surface area contributed by atoms with Crippen LogP contribution in [0.4, 0.5) is 0 Å². The minimum absolute atomic E-state index is 0.148. The van der Waals surface area contributed by atoms with Gasteiger partial charge in [0, 0.05) is 18.6 Å². The van der Waals surface area contributed by atoms with Gasteiger partial charge in [-0.2, -0.15) is 0 Å². The molecule has 0 aliphatic rings. The third-order valence-electron chi connectivity index (χ3n) is 4.16. The van der Waals surface area contributed by atoms with Crippen molar-refractivity contribution in [3.8, 4) is 11.5 Å². The van der Waals surface area contributed by atoms with E-state index in [-0.39, 0.29) is 5.60 Å². The predicted molar refractivity (Wildman–Crippen MR) is 115 cm³/mol. The Labute approximate surface area is 165 Å². The van der Waals surface area contributed by atoms with Crippen molar-refractivity contribution in [1.29, 1.82) is 0 Å². The number of rotatable bonds is 10. The third kappa shape index (κ3) is 9.58. The highest BCUT2D eigenvalue weighted by Gasteiger charge is 2.19. The Morgan fingerprint density at radius 3 is 2.37 bits per heavy atom. The Balaban J connectivity index is 0.00000176. The molecule has 0 bridgehead atoms. The van der Waals surface area contributed by atoms with Crippen LogP contribution in [0.25, 0.3) is 11.5 Å². The first-order chi connectivity index (χ1) is 13.0. The van der Waals surface area contributed by atoms with Crippen LogP contribution in [0, 0.1) is 0 Å². The number of allylic oxidation sites excluding steroid dienone is 2. The first-order valence-corrected chi connectivity index (χ1v) is 10.2. The van der Waals surface area contributed by atoms with Crippen LogP contribution in [-0.4, -0.2) is 17.2 Å². The van der Waals surface area contributed by atoms with Gasteiger partial charge in [0.1, 0.15) is 6.26 Å². The van der Waals surface area contributed by atoms with Crippen molar-refractivity contribution < 1.29 is 9.15 Å². The molecular weight excluding hydrogens is 334 g/mol. The van der Waals surface area contributed by atoms with Gasteiger partial charge in [-0.1, -0.05) is 44.1 Å². The minimum atomic E-state index is -0.148. The summed E-state index contributed by atoms with van der Waals surface area (Å²) in [6.07, 6.45) is 11.3. The third-order valence-corrected chi connectivity index (χ3v) is 4.16. The number of nitrogens with zero attached hydrogens (tertiary/aromatic N) is 1. The van der Waals surface area contributed by atoms with Crippen LogP contribution in [0.15, 0.2) is 52.8 Å².